The molecule has 19 heavy (non-hydrogen) atoms. The highest BCUT2D eigenvalue weighted by atomic mass is 127. The monoisotopic (exact) mass is 380 g/mol. The first-order chi connectivity index (χ1) is 8.77. The van der Waals surface area contributed by atoms with Crippen LogP contribution in [-0.4, -0.2) is 8.07 Å². The number of benzene rings is 2. The molecule has 0 unspecified atom stereocenters. The lowest BCUT2D eigenvalue weighted by Gasteiger charge is -2.16. The summed E-state index contributed by atoms with van der Waals surface area (Å²) >= 11 is 2.52. The van der Waals surface area contributed by atoms with Gasteiger partial charge in [0.2, 0.25) is 0 Å². The summed E-state index contributed by atoms with van der Waals surface area (Å²) in [4.78, 5) is 0. The molecule has 2 heteroatoms. The fourth-order valence-corrected chi connectivity index (χ4v) is 2.98. The maximum absolute atomic E-state index is 2.52. The van der Waals surface area contributed by atoms with Gasteiger partial charge in [0, 0.05) is 0 Å². The molecule has 0 heterocycles. The van der Waals surface area contributed by atoms with Crippen molar-refractivity contribution >= 4 is 47.5 Å². The third kappa shape index (κ3) is 3.48. The van der Waals surface area contributed by atoms with Crippen LogP contribution in [0.1, 0.15) is 16.7 Å². The summed E-state index contributed by atoms with van der Waals surface area (Å²) in [6.07, 6.45) is 2.38. The minimum atomic E-state index is -1.20. The van der Waals surface area contributed by atoms with Crippen molar-refractivity contribution in [2.75, 3.05) is 0 Å². The molecule has 0 aliphatic heterocycles. The van der Waals surface area contributed by atoms with Gasteiger partial charge in [0.25, 0.3) is 0 Å². The molecule has 0 aliphatic rings. The summed E-state index contributed by atoms with van der Waals surface area (Å²) in [5, 5.41) is 2.68. The second-order valence-corrected chi connectivity index (χ2v) is 13.5. The number of hydrogen-bond donors (Lipinski definition) is 0. The van der Waals surface area contributed by atoms with E-state index in [9.17, 15) is 0 Å². The van der Waals surface area contributed by atoms with E-state index >= 15 is 0 Å². The molecular formula is C17H21ISi. The summed E-state index contributed by atoms with van der Waals surface area (Å²) in [6, 6.07) is 11.3. The minimum absolute atomic E-state index is 1.20. The maximum atomic E-state index is 2.52. The molecule has 0 saturated carbocycles. The SMILES string of the molecule is Cc1ccc2cc(C)c(/C=C(/I)[Si](C)(C)C)cc2c1. The van der Waals surface area contributed by atoms with E-state index in [0.717, 1.165) is 0 Å². The molecule has 0 saturated heterocycles. The second kappa shape index (κ2) is 5.41. The van der Waals surface area contributed by atoms with Crippen molar-refractivity contribution in [3.8, 4) is 0 Å². The molecule has 0 fully saturated rings. The Labute approximate surface area is 131 Å². The third-order valence-corrected chi connectivity index (χ3v) is 10.1. The van der Waals surface area contributed by atoms with Crippen LogP contribution in [0.3, 0.4) is 0 Å². The summed E-state index contributed by atoms with van der Waals surface area (Å²) in [6.45, 7) is 11.5. The van der Waals surface area contributed by atoms with E-state index in [1.165, 1.54) is 30.7 Å². The van der Waals surface area contributed by atoms with Crippen molar-refractivity contribution < 1.29 is 0 Å². The first kappa shape index (κ1) is 14.8. The number of rotatable bonds is 2. The van der Waals surface area contributed by atoms with E-state index in [4.69, 9.17) is 0 Å². The molecule has 2 aromatic carbocycles. The van der Waals surface area contributed by atoms with Gasteiger partial charge in [-0.05, 0) is 51.1 Å². The van der Waals surface area contributed by atoms with Crippen LogP contribution < -0.4 is 0 Å². The molecule has 0 aromatic heterocycles. The van der Waals surface area contributed by atoms with E-state index in [0.29, 0.717) is 0 Å². The molecule has 0 bridgehead atoms. The van der Waals surface area contributed by atoms with Crippen molar-refractivity contribution in [3.63, 3.8) is 0 Å². The Morgan fingerprint density at radius 1 is 1.00 bits per heavy atom. The quantitative estimate of drug-likeness (QED) is 0.436. The highest BCUT2D eigenvalue weighted by Gasteiger charge is 2.17. The van der Waals surface area contributed by atoms with Crippen molar-refractivity contribution in [2.24, 2.45) is 0 Å². The standard InChI is InChI=1S/C17H21ISi/c1-12-6-7-14-9-13(2)15(10-16(14)8-12)11-17(18)19(3,4)5/h6-11H,1-5H3/b17-11-. The van der Waals surface area contributed by atoms with E-state index in [2.05, 4.69) is 92.5 Å². The first-order valence-corrected chi connectivity index (χ1v) is 11.2. The van der Waals surface area contributed by atoms with Gasteiger partial charge in [-0.3, -0.25) is 0 Å². The van der Waals surface area contributed by atoms with Crippen molar-refractivity contribution in [2.45, 2.75) is 33.5 Å². The van der Waals surface area contributed by atoms with E-state index < -0.39 is 8.07 Å². The van der Waals surface area contributed by atoms with Gasteiger partial charge in [-0.1, -0.05) is 72.1 Å². The zero-order chi connectivity index (χ0) is 14.2. The average molecular weight is 380 g/mol. The van der Waals surface area contributed by atoms with Crippen LogP contribution in [0.25, 0.3) is 16.8 Å². The largest absolute Gasteiger partial charge is 0.0854 e. The van der Waals surface area contributed by atoms with Crippen LogP contribution in [0.15, 0.2) is 33.5 Å². The summed E-state index contributed by atoms with van der Waals surface area (Å²) in [7, 11) is -1.20. The molecule has 0 atom stereocenters. The Morgan fingerprint density at radius 3 is 2.32 bits per heavy atom. The minimum Gasteiger partial charge on any atom is -0.0652 e. The Hall–Kier alpha value is -0.613. The molecule has 100 valence electrons. The summed E-state index contributed by atoms with van der Waals surface area (Å²) in [5.74, 6) is 0. The Balaban J connectivity index is 2.58. The van der Waals surface area contributed by atoms with Gasteiger partial charge >= 0.3 is 0 Å². The first-order valence-electron chi connectivity index (χ1n) is 6.66. The van der Waals surface area contributed by atoms with Crippen molar-refractivity contribution in [3.05, 3.63) is 50.2 Å². The van der Waals surface area contributed by atoms with Gasteiger partial charge in [0.1, 0.15) is 0 Å². The second-order valence-electron chi connectivity index (χ2n) is 6.30. The van der Waals surface area contributed by atoms with Crippen molar-refractivity contribution in [1.82, 2.24) is 0 Å². The van der Waals surface area contributed by atoms with Gasteiger partial charge in [0.15, 0.2) is 0 Å². The van der Waals surface area contributed by atoms with Crippen LogP contribution in [-0.2, 0) is 0 Å². The topological polar surface area (TPSA) is 0 Å². The number of fused-ring (bicyclic) bond motifs is 1. The van der Waals surface area contributed by atoms with Gasteiger partial charge in [-0.25, -0.2) is 0 Å². The lowest BCUT2D eigenvalue weighted by atomic mass is 10.0. The van der Waals surface area contributed by atoms with E-state index in [1.807, 2.05) is 0 Å². The van der Waals surface area contributed by atoms with Gasteiger partial charge < -0.3 is 0 Å². The molecule has 0 spiro atoms. The number of hydrogen-bond acceptors (Lipinski definition) is 0. The predicted octanol–water partition coefficient (Wildman–Crippen LogP) is 6.11. The Kier molecular flexibility index (Phi) is 4.21. The number of aryl methyl sites for hydroxylation is 2. The lowest BCUT2D eigenvalue weighted by molar-refractivity contribution is 1.45. The fraction of sp³-hybridized carbons (Fsp3) is 0.294. The van der Waals surface area contributed by atoms with Gasteiger partial charge in [-0.15, -0.1) is 0 Å². The van der Waals surface area contributed by atoms with Crippen LogP contribution in [0.5, 0.6) is 0 Å². The summed E-state index contributed by atoms with van der Waals surface area (Å²) < 4.78 is 1.53. The van der Waals surface area contributed by atoms with Gasteiger partial charge in [0.05, 0.1) is 8.07 Å². The normalized spacial score (nSPS) is 13.1. The van der Waals surface area contributed by atoms with Crippen LogP contribution in [0.2, 0.25) is 19.6 Å². The molecule has 0 radical (unpaired) electrons. The fourth-order valence-electron chi connectivity index (χ4n) is 2.06. The lowest BCUT2D eigenvalue weighted by Crippen LogP contribution is -2.19. The van der Waals surface area contributed by atoms with Crippen molar-refractivity contribution in [1.29, 1.82) is 0 Å². The molecular weight excluding hydrogens is 359 g/mol. The number of halogens is 1. The third-order valence-electron chi connectivity index (χ3n) is 3.38. The molecule has 0 N–H and O–H groups in total. The summed E-state index contributed by atoms with van der Waals surface area (Å²) in [5.41, 5.74) is 4.06. The zero-order valence-corrected chi connectivity index (χ0v) is 15.5. The molecule has 2 rings (SSSR count). The predicted molar refractivity (Wildman–Crippen MR) is 98.8 cm³/mol. The van der Waals surface area contributed by atoms with Crippen LogP contribution >= 0.6 is 22.6 Å². The van der Waals surface area contributed by atoms with E-state index in [1.54, 1.807) is 0 Å². The van der Waals surface area contributed by atoms with Gasteiger partial charge in [-0.2, -0.15) is 0 Å². The highest BCUT2D eigenvalue weighted by molar-refractivity contribution is 14.1. The molecule has 0 amide bonds. The van der Waals surface area contributed by atoms with E-state index in [-0.39, 0.29) is 0 Å². The van der Waals surface area contributed by atoms with Crippen LogP contribution in [0.4, 0.5) is 0 Å². The maximum Gasteiger partial charge on any atom is 0.0854 e. The Morgan fingerprint density at radius 2 is 1.68 bits per heavy atom. The smallest absolute Gasteiger partial charge is 0.0652 e. The Bertz CT molecular complexity index is 648. The molecule has 2 aromatic rings. The molecule has 0 aliphatic carbocycles. The van der Waals surface area contributed by atoms with Crippen LogP contribution in [0, 0.1) is 13.8 Å². The molecule has 0 nitrogen and oxygen atoms in total. The highest BCUT2D eigenvalue weighted by Crippen LogP contribution is 2.28. The average Bonchev–Trinajstić information content (AvgIpc) is 2.29. The zero-order valence-electron chi connectivity index (χ0n) is 12.3.